The number of nitrogens with one attached hydrogen (secondary N) is 1. The summed E-state index contributed by atoms with van der Waals surface area (Å²) in [5, 5.41) is 14.5. The molecular formula is C15H28N4O7. The van der Waals surface area contributed by atoms with Gasteiger partial charge in [0.2, 0.25) is 0 Å². The van der Waals surface area contributed by atoms with E-state index in [9.17, 15) is 9.59 Å². The average Bonchev–Trinajstić information content (AvgIpc) is 2.51. The minimum absolute atomic E-state index is 0.0321. The Bertz CT molecular complexity index is 461. The summed E-state index contributed by atoms with van der Waals surface area (Å²) in [6.45, 7) is 6.62. The number of ether oxygens (including phenoxy) is 4. The molecule has 1 unspecified atom stereocenters. The van der Waals surface area contributed by atoms with Gasteiger partial charge < -0.3 is 29.4 Å². The molecule has 150 valence electrons. The summed E-state index contributed by atoms with van der Waals surface area (Å²) in [6.07, 6.45) is -0.738. The second kappa shape index (κ2) is 14.1. The van der Waals surface area contributed by atoms with E-state index >= 15 is 0 Å². The van der Waals surface area contributed by atoms with Crippen LogP contribution in [-0.4, -0.2) is 75.0 Å². The van der Waals surface area contributed by atoms with Gasteiger partial charge in [0.25, 0.3) is 0 Å². The normalized spacial score (nSPS) is 12.1. The van der Waals surface area contributed by atoms with E-state index < -0.39 is 23.7 Å². The molecule has 0 saturated carbocycles. The predicted octanol–water partition coefficient (Wildman–Crippen LogP) is 1.71. The fourth-order valence-corrected chi connectivity index (χ4v) is 1.59. The fourth-order valence-electron chi connectivity index (χ4n) is 1.59. The van der Waals surface area contributed by atoms with Crippen LogP contribution in [0.1, 0.15) is 27.2 Å². The number of alkyl carbamates (subject to hydrolysis) is 1. The SMILES string of the molecule is CC(C)(C)OC(=O)NC(COCCOCCN=[N+]=[N-])COCCC(=O)O. The first-order chi connectivity index (χ1) is 12.2. The molecule has 0 saturated heterocycles. The monoisotopic (exact) mass is 376 g/mol. The first kappa shape index (κ1) is 23.9. The molecule has 26 heavy (non-hydrogen) atoms. The Morgan fingerprint density at radius 3 is 2.31 bits per heavy atom. The van der Waals surface area contributed by atoms with Crippen LogP contribution in [0.2, 0.25) is 0 Å². The maximum atomic E-state index is 11.8. The number of carboxylic acid groups (broad SMARTS) is 1. The molecule has 0 heterocycles. The summed E-state index contributed by atoms with van der Waals surface area (Å²) in [5.74, 6) is -0.962. The quantitative estimate of drug-likeness (QED) is 0.202. The van der Waals surface area contributed by atoms with Crippen LogP contribution in [0.3, 0.4) is 0 Å². The van der Waals surface area contributed by atoms with Crippen LogP contribution in [0.4, 0.5) is 4.79 Å². The molecule has 11 heteroatoms. The van der Waals surface area contributed by atoms with Crippen molar-refractivity contribution in [1.82, 2.24) is 5.32 Å². The van der Waals surface area contributed by atoms with Crippen molar-refractivity contribution in [3.8, 4) is 0 Å². The number of nitrogens with zero attached hydrogens (tertiary/aromatic N) is 3. The Labute approximate surface area is 152 Å². The number of carbonyl (C=O) groups is 2. The van der Waals surface area contributed by atoms with Crippen molar-refractivity contribution in [3.05, 3.63) is 10.4 Å². The van der Waals surface area contributed by atoms with Crippen molar-refractivity contribution < 1.29 is 33.6 Å². The zero-order valence-corrected chi connectivity index (χ0v) is 15.5. The van der Waals surface area contributed by atoms with Crippen LogP contribution >= 0.6 is 0 Å². The standard InChI is InChI=1S/C15H28N4O7/c1-15(2,3)26-14(22)18-12(10-24-6-4-13(20)21)11-25-9-8-23-7-5-17-19-16/h12H,4-11H2,1-3H3,(H,18,22)(H,20,21). The van der Waals surface area contributed by atoms with Gasteiger partial charge >= 0.3 is 12.1 Å². The van der Waals surface area contributed by atoms with E-state index in [1.54, 1.807) is 20.8 Å². The molecule has 1 atom stereocenters. The third kappa shape index (κ3) is 16.8. The van der Waals surface area contributed by atoms with Gasteiger partial charge in [-0.3, -0.25) is 4.79 Å². The summed E-state index contributed by atoms with van der Waals surface area (Å²) in [5.41, 5.74) is 7.48. The largest absolute Gasteiger partial charge is 0.481 e. The summed E-state index contributed by atoms with van der Waals surface area (Å²) in [7, 11) is 0. The Morgan fingerprint density at radius 2 is 1.73 bits per heavy atom. The van der Waals surface area contributed by atoms with E-state index in [4.69, 9.17) is 29.6 Å². The van der Waals surface area contributed by atoms with Crippen LogP contribution in [-0.2, 0) is 23.7 Å². The molecule has 0 aromatic rings. The Balaban J connectivity index is 4.15. The van der Waals surface area contributed by atoms with Crippen molar-refractivity contribution in [1.29, 1.82) is 0 Å². The van der Waals surface area contributed by atoms with Gasteiger partial charge in [0.15, 0.2) is 0 Å². The summed E-state index contributed by atoms with van der Waals surface area (Å²) in [6, 6.07) is -0.498. The molecule has 11 nitrogen and oxygen atoms in total. The molecule has 2 N–H and O–H groups in total. The van der Waals surface area contributed by atoms with Crippen LogP contribution in [0.5, 0.6) is 0 Å². The van der Waals surface area contributed by atoms with Gasteiger partial charge in [0.1, 0.15) is 5.60 Å². The van der Waals surface area contributed by atoms with E-state index in [1.165, 1.54) is 0 Å². The molecular weight excluding hydrogens is 348 g/mol. The van der Waals surface area contributed by atoms with E-state index in [0.717, 1.165) is 0 Å². The van der Waals surface area contributed by atoms with Crippen LogP contribution in [0.15, 0.2) is 5.11 Å². The van der Waals surface area contributed by atoms with Gasteiger partial charge in [0.05, 0.1) is 52.1 Å². The second-order valence-electron chi connectivity index (χ2n) is 6.20. The minimum Gasteiger partial charge on any atom is -0.481 e. The van der Waals surface area contributed by atoms with Crippen LogP contribution in [0, 0.1) is 0 Å². The number of rotatable bonds is 14. The molecule has 0 aliphatic rings. The number of carbonyl (C=O) groups excluding carboxylic acids is 1. The lowest BCUT2D eigenvalue weighted by Gasteiger charge is -2.23. The van der Waals surface area contributed by atoms with Crippen molar-refractivity contribution in [2.75, 3.05) is 46.2 Å². The summed E-state index contributed by atoms with van der Waals surface area (Å²) in [4.78, 5) is 24.9. The highest BCUT2D eigenvalue weighted by molar-refractivity contribution is 5.68. The van der Waals surface area contributed by atoms with E-state index in [1.807, 2.05) is 0 Å². The number of aliphatic carboxylic acids is 1. The van der Waals surface area contributed by atoms with Crippen molar-refractivity contribution >= 4 is 12.1 Å². The molecule has 0 aliphatic carbocycles. The number of hydrogen-bond donors (Lipinski definition) is 2. The lowest BCUT2D eigenvalue weighted by atomic mass is 10.2. The van der Waals surface area contributed by atoms with Crippen LogP contribution in [0.25, 0.3) is 10.4 Å². The third-order valence-electron chi connectivity index (χ3n) is 2.59. The summed E-state index contributed by atoms with van der Waals surface area (Å²) >= 11 is 0. The van der Waals surface area contributed by atoms with E-state index in [2.05, 4.69) is 15.3 Å². The van der Waals surface area contributed by atoms with Crippen molar-refractivity contribution in [2.24, 2.45) is 5.11 Å². The van der Waals surface area contributed by atoms with Gasteiger partial charge in [-0.2, -0.15) is 0 Å². The molecule has 0 aliphatic heterocycles. The van der Waals surface area contributed by atoms with Gasteiger partial charge in [-0.1, -0.05) is 5.11 Å². The highest BCUT2D eigenvalue weighted by Crippen LogP contribution is 2.07. The minimum atomic E-state index is -0.962. The molecule has 0 spiro atoms. The topological polar surface area (TPSA) is 152 Å². The van der Waals surface area contributed by atoms with Crippen LogP contribution < -0.4 is 5.32 Å². The maximum Gasteiger partial charge on any atom is 0.408 e. The van der Waals surface area contributed by atoms with E-state index in [0.29, 0.717) is 13.2 Å². The maximum absolute atomic E-state index is 11.8. The number of amides is 1. The first-order valence-corrected chi connectivity index (χ1v) is 8.20. The Morgan fingerprint density at radius 1 is 1.12 bits per heavy atom. The lowest BCUT2D eigenvalue weighted by Crippen LogP contribution is -2.44. The second-order valence-corrected chi connectivity index (χ2v) is 6.20. The summed E-state index contributed by atoms with van der Waals surface area (Å²) < 4.78 is 21.0. The molecule has 0 bridgehead atoms. The predicted molar refractivity (Wildman–Crippen MR) is 91.9 cm³/mol. The van der Waals surface area contributed by atoms with Gasteiger partial charge in [-0.15, -0.1) is 0 Å². The first-order valence-electron chi connectivity index (χ1n) is 8.20. The highest BCUT2D eigenvalue weighted by Gasteiger charge is 2.20. The Hall–Kier alpha value is -2.07. The molecule has 0 aromatic heterocycles. The lowest BCUT2D eigenvalue weighted by molar-refractivity contribution is -0.138. The van der Waals surface area contributed by atoms with Crippen molar-refractivity contribution in [3.63, 3.8) is 0 Å². The number of hydrogen-bond acceptors (Lipinski definition) is 7. The van der Waals surface area contributed by atoms with Crippen molar-refractivity contribution in [2.45, 2.75) is 38.8 Å². The van der Waals surface area contributed by atoms with Gasteiger partial charge in [-0.05, 0) is 26.3 Å². The van der Waals surface area contributed by atoms with E-state index in [-0.39, 0.29) is 39.4 Å². The smallest absolute Gasteiger partial charge is 0.408 e. The van der Waals surface area contributed by atoms with Gasteiger partial charge in [-0.25, -0.2) is 4.79 Å². The fraction of sp³-hybridized carbons (Fsp3) is 0.867. The third-order valence-corrected chi connectivity index (χ3v) is 2.59. The zero-order chi connectivity index (χ0) is 19.8. The van der Waals surface area contributed by atoms with Gasteiger partial charge in [0, 0.05) is 11.5 Å². The highest BCUT2D eigenvalue weighted by atomic mass is 16.6. The molecule has 0 fully saturated rings. The molecule has 0 aromatic carbocycles. The number of azide groups is 1. The molecule has 0 rings (SSSR count). The number of carboxylic acids is 1. The molecule has 0 radical (unpaired) electrons. The average molecular weight is 376 g/mol. The zero-order valence-electron chi connectivity index (χ0n) is 15.5. The Kier molecular flexibility index (Phi) is 13.0. The molecule has 1 amide bonds.